The molecule has 0 atom stereocenters. The standard InChI is InChI=1S/C20H20F5N5O2/c1-3-32-10-4-6-30(7-5-10)19-26-9-12-16(28-29(2)18(12)27-19)11-8-13(20(23,24)25)15(22)17(31)14(11)21/h8-10,31H,3-7H2,1-2H3. The molecule has 1 aromatic carbocycles. The third-order valence-corrected chi connectivity index (χ3v) is 5.43. The van der Waals surface area contributed by atoms with Crippen molar-refractivity contribution in [2.75, 3.05) is 24.6 Å². The molecule has 2 aromatic heterocycles. The Morgan fingerprint density at radius 1 is 1.19 bits per heavy atom. The number of hydrogen-bond donors (Lipinski definition) is 1. The number of hydrogen-bond acceptors (Lipinski definition) is 6. The zero-order chi connectivity index (χ0) is 23.2. The zero-order valence-corrected chi connectivity index (χ0v) is 17.2. The number of benzene rings is 1. The van der Waals surface area contributed by atoms with Gasteiger partial charge in [-0.15, -0.1) is 0 Å². The number of rotatable bonds is 4. The van der Waals surface area contributed by atoms with Gasteiger partial charge in [-0.05, 0) is 25.8 Å². The maximum atomic E-state index is 14.6. The van der Waals surface area contributed by atoms with E-state index in [4.69, 9.17) is 4.74 Å². The fraction of sp³-hybridized carbons (Fsp3) is 0.450. The number of piperidine rings is 1. The van der Waals surface area contributed by atoms with Crippen molar-refractivity contribution in [3.8, 4) is 17.0 Å². The number of ether oxygens (including phenoxy) is 1. The van der Waals surface area contributed by atoms with Crippen LogP contribution in [0, 0.1) is 11.6 Å². The zero-order valence-electron chi connectivity index (χ0n) is 17.2. The van der Waals surface area contributed by atoms with E-state index in [1.54, 1.807) is 0 Å². The molecule has 3 heterocycles. The third kappa shape index (κ3) is 3.83. The van der Waals surface area contributed by atoms with Crippen LogP contribution in [0.1, 0.15) is 25.3 Å². The Balaban J connectivity index is 1.75. The Bertz CT molecular complexity index is 1160. The van der Waals surface area contributed by atoms with E-state index in [0.29, 0.717) is 31.7 Å². The summed E-state index contributed by atoms with van der Waals surface area (Å²) in [6.45, 7) is 3.90. The molecule has 1 N–H and O–H groups in total. The van der Waals surface area contributed by atoms with E-state index in [1.165, 1.54) is 17.9 Å². The van der Waals surface area contributed by atoms with Gasteiger partial charge in [0.05, 0.1) is 17.1 Å². The Kier molecular flexibility index (Phi) is 5.65. The Morgan fingerprint density at radius 2 is 1.88 bits per heavy atom. The summed E-state index contributed by atoms with van der Waals surface area (Å²) in [5, 5.41) is 13.9. The molecule has 0 unspecified atom stereocenters. The SMILES string of the molecule is CCOC1CCN(c2ncc3c(-c4cc(C(F)(F)F)c(F)c(O)c4F)nn(C)c3n2)CC1. The van der Waals surface area contributed by atoms with Gasteiger partial charge in [0, 0.05) is 38.5 Å². The molecule has 0 bridgehead atoms. The lowest BCUT2D eigenvalue weighted by molar-refractivity contribution is -0.140. The van der Waals surface area contributed by atoms with E-state index in [9.17, 15) is 27.1 Å². The van der Waals surface area contributed by atoms with Gasteiger partial charge in [-0.2, -0.15) is 23.3 Å². The van der Waals surface area contributed by atoms with Crippen LogP contribution < -0.4 is 4.90 Å². The van der Waals surface area contributed by atoms with Crippen LogP contribution in [0.3, 0.4) is 0 Å². The van der Waals surface area contributed by atoms with Crippen LogP contribution in [-0.2, 0) is 18.0 Å². The molecule has 12 heteroatoms. The number of fused-ring (bicyclic) bond motifs is 1. The van der Waals surface area contributed by atoms with Gasteiger partial charge in [0.1, 0.15) is 5.69 Å². The lowest BCUT2D eigenvalue weighted by atomic mass is 10.0. The molecule has 172 valence electrons. The molecular formula is C20H20F5N5O2. The van der Waals surface area contributed by atoms with E-state index in [2.05, 4.69) is 15.1 Å². The molecule has 0 saturated carbocycles. The Morgan fingerprint density at radius 3 is 2.50 bits per heavy atom. The summed E-state index contributed by atoms with van der Waals surface area (Å²) in [5.74, 6) is -4.94. The number of phenols is 1. The topological polar surface area (TPSA) is 76.3 Å². The summed E-state index contributed by atoms with van der Waals surface area (Å²) < 4.78 is 74.8. The number of nitrogens with zero attached hydrogens (tertiary/aromatic N) is 5. The fourth-order valence-corrected chi connectivity index (χ4v) is 3.84. The Labute approximate surface area is 179 Å². The van der Waals surface area contributed by atoms with Gasteiger partial charge in [-0.25, -0.2) is 18.4 Å². The first kappa shape index (κ1) is 22.2. The fourth-order valence-electron chi connectivity index (χ4n) is 3.84. The van der Waals surface area contributed by atoms with Crippen molar-refractivity contribution in [3.63, 3.8) is 0 Å². The van der Waals surface area contributed by atoms with Gasteiger partial charge < -0.3 is 14.7 Å². The minimum absolute atomic E-state index is 0.165. The molecule has 3 aromatic rings. The average Bonchev–Trinajstić information content (AvgIpc) is 3.08. The van der Waals surface area contributed by atoms with E-state index in [0.717, 1.165) is 12.8 Å². The summed E-state index contributed by atoms with van der Waals surface area (Å²) in [6, 6.07) is 0.290. The number of aromatic hydroxyl groups is 1. The van der Waals surface area contributed by atoms with Crippen molar-refractivity contribution < 1.29 is 31.8 Å². The van der Waals surface area contributed by atoms with Crippen LogP contribution in [-0.4, -0.2) is 50.7 Å². The smallest absolute Gasteiger partial charge is 0.419 e. The number of anilines is 1. The van der Waals surface area contributed by atoms with Crippen LogP contribution in [0.2, 0.25) is 0 Å². The van der Waals surface area contributed by atoms with Gasteiger partial charge in [0.25, 0.3) is 0 Å². The number of alkyl halides is 3. The second-order valence-corrected chi connectivity index (χ2v) is 7.47. The highest BCUT2D eigenvalue weighted by molar-refractivity contribution is 5.91. The van der Waals surface area contributed by atoms with Crippen molar-refractivity contribution in [2.45, 2.75) is 32.0 Å². The molecule has 1 fully saturated rings. The van der Waals surface area contributed by atoms with Gasteiger partial charge in [0.2, 0.25) is 5.95 Å². The molecule has 1 saturated heterocycles. The van der Waals surface area contributed by atoms with E-state index < -0.39 is 34.7 Å². The predicted molar refractivity (Wildman–Crippen MR) is 105 cm³/mol. The molecule has 0 aliphatic carbocycles. The first-order valence-corrected chi connectivity index (χ1v) is 9.96. The van der Waals surface area contributed by atoms with Crippen LogP contribution in [0.15, 0.2) is 12.3 Å². The normalized spacial score (nSPS) is 15.7. The van der Waals surface area contributed by atoms with Crippen LogP contribution in [0.4, 0.5) is 27.9 Å². The minimum atomic E-state index is -5.13. The molecular weight excluding hydrogens is 437 g/mol. The van der Waals surface area contributed by atoms with Crippen LogP contribution in [0.5, 0.6) is 5.75 Å². The minimum Gasteiger partial charge on any atom is -0.503 e. The molecule has 4 rings (SSSR count). The van der Waals surface area contributed by atoms with Crippen molar-refractivity contribution in [3.05, 3.63) is 29.5 Å². The van der Waals surface area contributed by atoms with Crippen molar-refractivity contribution in [1.29, 1.82) is 0 Å². The number of aryl methyl sites for hydroxylation is 1. The van der Waals surface area contributed by atoms with Gasteiger partial charge >= 0.3 is 6.18 Å². The molecule has 0 spiro atoms. The molecule has 32 heavy (non-hydrogen) atoms. The molecule has 0 amide bonds. The molecule has 0 radical (unpaired) electrons. The number of aromatic nitrogens is 4. The summed E-state index contributed by atoms with van der Waals surface area (Å²) in [5.41, 5.74) is -2.47. The first-order valence-electron chi connectivity index (χ1n) is 9.96. The van der Waals surface area contributed by atoms with E-state index in [1.807, 2.05) is 11.8 Å². The second kappa shape index (κ2) is 8.15. The summed E-state index contributed by atoms with van der Waals surface area (Å²) in [6.07, 6.45) is -2.04. The lowest BCUT2D eigenvalue weighted by Crippen LogP contribution is -2.38. The van der Waals surface area contributed by atoms with Crippen molar-refractivity contribution in [2.24, 2.45) is 7.05 Å². The van der Waals surface area contributed by atoms with Crippen LogP contribution >= 0.6 is 0 Å². The van der Waals surface area contributed by atoms with E-state index in [-0.39, 0.29) is 22.8 Å². The highest BCUT2D eigenvalue weighted by atomic mass is 19.4. The highest BCUT2D eigenvalue weighted by Gasteiger charge is 2.38. The summed E-state index contributed by atoms with van der Waals surface area (Å²) in [4.78, 5) is 10.7. The van der Waals surface area contributed by atoms with Gasteiger partial charge in [0.15, 0.2) is 23.0 Å². The lowest BCUT2D eigenvalue weighted by Gasteiger charge is -2.31. The number of phenolic OH excluding ortho intramolecular Hbond substituents is 1. The van der Waals surface area contributed by atoms with Crippen molar-refractivity contribution in [1.82, 2.24) is 19.7 Å². The maximum absolute atomic E-state index is 14.6. The van der Waals surface area contributed by atoms with Gasteiger partial charge in [-0.1, -0.05) is 0 Å². The molecule has 1 aliphatic rings. The quantitative estimate of drug-likeness (QED) is 0.596. The Hall–Kier alpha value is -3.02. The first-order chi connectivity index (χ1) is 15.1. The predicted octanol–water partition coefficient (Wildman–Crippen LogP) is 4.04. The maximum Gasteiger partial charge on any atom is 0.419 e. The van der Waals surface area contributed by atoms with Gasteiger partial charge in [-0.3, -0.25) is 0 Å². The van der Waals surface area contributed by atoms with Crippen molar-refractivity contribution >= 4 is 17.0 Å². The average molecular weight is 457 g/mol. The monoisotopic (exact) mass is 457 g/mol. The summed E-state index contributed by atoms with van der Waals surface area (Å²) in [7, 11) is 1.50. The second-order valence-electron chi connectivity index (χ2n) is 7.47. The highest BCUT2D eigenvalue weighted by Crippen LogP contribution is 2.41. The summed E-state index contributed by atoms with van der Waals surface area (Å²) >= 11 is 0. The molecule has 7 nitrogen and oxygen atoms in total. The number of halogens is 5. The largest absolute Gasteiger partial charge is 0.503 e. The molecule has 1 aliphatic heterocycles. The van der Waals surface area contributed by atoms with Crippen LogP contribution in [0.25, 0.3) is 22.3 Å². The van der Waals surface area contributed by atoms with E-state index >= 15 is 0 Å². The third-order valence-electron chi connectivity index (χ3n) is 5.43.